The summed E-state index contributed by atoms with van der Waals surface area (Å²) < 4.78 is 12.8. The van der Waals surface area contributed by atoms with Crippen molar-refractivity contribution in [1.82, 2.24) is 14.5 Å². The fourth-order valence-electron chi connectivity index (χ4n) is 4.08. The molecule has 0 unspecified atom stereocenters. The van der Waals surface area contributed by atoms with Gasteiger partial charge in [0.1, 0.15) is 6.10 Å². The molecule has 0 radical (unpaired) electrons. The number of morpholine rings is 1. The number of hydrogen-bond donors (Lipinski definition) is 2. The van der Waals surface area contributed by atoms with Gasteiger partial charge in [-0.25, -0.2) is 4.98 Å². The van der Waals surface area contributed by atoms with Crippen LogP contribution >= 0.6 is 0 Å². The molecule has 3 aromatic rings. The summed E-state index contributed by atoms with van der Waals surface area (Å²) in [7, 11) is 3.59. The van der Waals surface area contributed by atoms with Crippen LogP contribution in [0.3, 0.4) is 0 Å². The average Bonchev–Trinajstić information content (AvgIpc) is 3.13. The number of fused-ring (bicyclic) bond motifs is 1. The maximum absolute atomic E-state index is 13.5. The minimum Gasteiger partial charge on any atom is -0.394 e. The van der Waals surface area contributed by atoms with Gasteiger partial charge in [-0.3, -0.25) is 4.79 Å². The molecule has 1 aliphatic heterocycles. The highest BCUT2D eigenvalue weighted by Gasteiger charge is 2.36. The van der Waals surface area contributed by atoms with Crippen molar-refractivity contribution in [3.05, 3.63) is 59.7 Å². The molecule has 4 rings (SSSR count). The molecule has 2 heterocycles. The van der Waals surface area contributed by atoms with E-state index in [9.17, 15) is 9.90 Å². The highest BCUT2D eigenvalue weighted by Crippen LogP contribution is 2.31. The van der Waals surface area contributed by atoms with Crippen molar-refractivity contribution < 1.29 is 19.4 Å². The number of amides is 1. The zero-order chi connectivity index (χ0) is 21.8. The number of carbonyl (C=O) groups is 1. The number of aliphatic hydroxyl groups is 1. The predicted molar refractivity (Wildman–Crippen MR) is 118 cm³/mol. The average molecular weight is 425 g/mol. The summed E-state index contributed by atoms with van der Waals surface area (Å²) in [5, 5.41) is 13.1. The molecule has 2 atom stereocenters. The number of methoxy groups -OCH3 is 1. The number of nitrogens with zero attached hydrogens (tertiary/aromatic N) is 3. The zero-order valence-corrected chi connectivity index (χ0v) is 17.8. The maximum atomic E-state index is 13.5. The van der Waals surface area contributed by atoms with Crippen molar-refractivity contribution >= 4 is 22.9 Å². The number of hydrogen-bond acceptors (Lipinski definition) is 6. The molecule has 0 saturated carbocycles. The number of nitrogens with one attached hydrogen (secondary N) is 1. The largest absolute Gasteiger partial charge is 0.394 e. The Morgan fingerprint density at radius 1 is 1.29 bits per heavy atom. The highest BCUT2D eigenvalue weighted by molar-refractivity contribution is 5.98. The van der Waals surface area contributed by atoms with Crippen molar-refractivity contribution in [2.24, 2.45) is 7.05 Å². The normalized spacial score (nSPS) is 19.0. The number of ether oxygens (including phenoxy) is 2. The van der Waals surface area contributed by atoms with Crippen LogP contribution in [0.15, 0.2) is 48.5 Å². The van der Waals surface area contributed by atoms with Gasteiger partial charge in [0.25, 0.3) is 5.91 Å². The van der Waals surface area contributed by atoms with Gasteiger partial charge in [-0.05, 0) is 23.8 Å². The second-order valence-electron chi connectivity index (χ2n) is 7.56. The summed E-state index contributed by atoms with van der Waals surface area (Å²) in [4.78, 5) is 19.9. The van der Waals surface area contributed by atoms with Crippen LogP contribution < -0.4 is 5.32 Å². The number of imidazole rings is 1. The van der Waals surface area contributed by atoms with Crippen molar-refractivity contribution in [2.45, 2.75) is 12.1 Å². The molecule has 1 aromatic heterocycles. The molecule has 2 N–H and O–H groups in total. The smallest absolute Gasteiger partial charge is 0.254 e. The van der Waals surface area contributed by atoms with Crippen molar-refractivity contribution in [3.63, 3.8) is 0 Å². The Morgan fingerprint density at radius 2 is 2.10 bits per heavy atom. The van der Waals surface area contributed by atoms with Gasteiger partial charge < -0.3 is 29.4 Å². The van der Waals surface area contributed by atoms with Crippen LogP contribution in [0.25, 0.3) is 11.0 Å². The minimum atomic E-state index is -0.463. The summed E-state index contributed by atoms with van der Waals surface area (Å²) in [6.07, 6.45) is -0.463. The molecule has 2 aromatic carbocycles. The lowest BCUT2D eigenvalue weighted by molar-refractivity contribution is -0.0811. The fraction of sp³-hybridized carbons (Fsp3) is 0.391. The second-order valence-corrected chi connectivity index (χ2v) is 7.56. The number of aliphatic hydroxyl groups excluding tert-OH is 1. The second kappa shape index (κ2) is 9.47. The standard InChI is InChI=1S/C23H28N4O4/c1-26-19-9-8-17(14-18(19)25-23(26)24-10-12-30-2)22(29)27-11-13-31-20(15-28)21(27)16-6-4-3-5-7-16/h3-9,14,20-21,28H,10-13,15H2,1-2H3,(H,24,25)/t20-,21-/m1/s1. The van der Waals surface area contributed by atoms with E-state index in [4.69, 9.17) is 9.47 Å². The van der Waals surface area contributed by atoms with E-state index in [2.05, 4.69) is 10.3 Å². The van der Waals surface area contributed by atoms with Crippen molar-refractivity contribution in [1.29, 1.82) is 0 Å². The Kier molecular flexibility index (Phi) is 6.50. The molecule has 0 bridgehead atoms. The van der Waals surface area contributed by atoms with Crippen molar-refractivity contribution in [3.8, 4) is 0 Å². The minimum absolute atomic E-state index is 0.1000. The van der Waals surface area contributed by atoms with Gasteiger partial charge in [-0.2, -0.15) is 0 Å². The lowest BCUT2D eigenvalue weighted by atomic mass is 9.97. The van der Waals surface area contributed by atoms with E-state index in [0.29, 0.717) is 31.9 Å². The monoisotopic (exact) mass is 424 g/mol. The Morgan fingerprint density at radius 3 is 2.84 bits per heavy atom. The molecule has 8 nitrogen and oxygen atoms in total. The lowest BCUT2D eigenvalue weighted by Crippen LogP contribution is -2.49. The third-order valence-electron chi connectivity index (χ3n) is 5.65. The van der Waals surface area contributed by atoms with E-state index >= 15 is 0 Å². The molecule has 164 valence electrons. The lowest BCUT2D eigenvalue weighted by Gasteiger charge is -2.41. The number of carbonyl (C=O) groups excluding carboxylic acids is 1. The van der Waals surface area contributed by atoms with Gasteiger partial charge in [-0.15, -0.1) is 0 Å². The number of anilines is 1. The number of aryl methyl sites for hydroxylation is 1. The van der Waals surface area contributed by atoms with Crippen LogP contribution in [0.5, 0.6) is 0 Å². The first kappa shape index (κ1) is 21.3. The maximum Gasteiger partial charge on any atom is 0.254 e. The SMILES string of the molecule is COCCNc1nc2cc(C(=O)N3CCO[C@H](CO)[C@H]3c3ccccc3)ccc2n1C. The molecular weight excluding hydrogens is 396 g/mol. The Bertz CT molecular complexity index is 1040. The van der Waals surface area contributed by atoms with Gasteiger partial charge in [-0.1, -0.05) is 30.3 Å². The van der Waals surface area contributed by atoms with Gasteiger partial charge in [0, 0.05) is 32.8 Å². The molecule has 1 saturated heterocycles. The molecule has 1 aliphatic rings. The molecule has 0 aliphatic carbocycles. The van der Waals surface area contributed by atoms with Crippen LogP contribution in [0.1, 0.15) is 22.0 Å². The summed E-state index contributed by atoms with van der Waals surface area (Å²) in [6, 6.07) is 14.9. The van der Waals surface area contributed by atoms with Crippen molar-refractivity contribution in [2.75, 3.05) is 45.3 Å². The third kappa shape index (κ3) is 4.27. The van der Waals surface area contributed by atoms with E-state index in [1.165, 1.54) is 0 Å². The summed E-state index contributed by atoms with van der Waals surface area (Å²) in [6.45, 7) is 1.92. The van der Waals surface area contributed by atoms with Gasteiger partial charge in [0.05, 0.1) is 36.9 Å². The molecule has 8 heteroatoms. The Hall–Kier alpha value is -2.94. The summed E-state index contributed by atoms with van der Waals surface area (Å²) >= 11 is 0. The quantitative estimate of drug-likeness (QED) is 0.566. The van der Waals surface area contributed by atoms with Crippen LogP contribution in [-0.4, -0.2) is 71.6 Å². The van der Waals surface area contributed by atoms with E-state index in [0.717, 1.165) is 22.5 Å². The third-order valence-corrected chi connectivity index (χ3v) is 5.65. The summed E-state index contributed by atoms with van der Waals surface area (Å²) in [5.74, 6) is 0.627. The molecule has 0 spiro atoms. The Labute approximate surface area is 181 Å². The van der Waals surface area contributed by atoms with E-state index < -0.39 is 6.10 Å². The van der Waals surface area contributed by atoms with E-state index in [-0.39, 0.29) is 18.6 Å². The predicted octanol–water partition coefficient (Wildman–Crippen LogP) is 2.21. The van der Waals surface area contributed by atoms with Crippen LogP contribution in [0, 0.1) is 0 Å². The van der Waals surface area contributed by atoms with Gasteiger partial charge in [0.2, 0.25) is 5.95 Å². The van der Waals surface area contributed by atoms with E-state index in [1.54, 1.807) is 12.0 Å². The molecule has 31 heavy (non-hydrogen) atoms. The fourth-order valence-corrected chi connectivity index (χ4v) is 4.08. The Balaban J connectivity index is 1.64. The number of benzene rings is 2. The zero-order valence-electron chi connectivity index (χ0n) is 17.8. The summed E-state index contributed by atoms with van der Waals surface area (Å²) in [5.41, 5.74) is 3.19. The van der Waals surface area contributed by atoms with Gasteiger partial charge >= 0.3 is 0 Å². The molecule has 1 amide bonds. The number of rotatable bonds is 7. The first-order chi connectivity index (χ1) is 15.1. The first-order valence-corrected chi connectivity index (χ1v) is 10.4. The van der Waals surface area contributed by atoms with Crippen LogP contribution in [-0.2, 0) is 16.5 Å². The van der Waals surface area contributed by atoms with Crippen LogP contribution in [0.2, 0.25) is 0 Å². The first-order valence-electron chi connectivity index (χ1n) is 10.4. The van der Waals surface area contributed by atoms with Gasteiger partial charge in [0.15, 0.2) is 0 Å². The topological polar surface area (TPSA) is 88.8 Å². The molecule has 1 fully saturated rings. The van der Waals surface area contributed by atoms with Crippen LogP contribution in [0.4, 0.5) is 5.95 Å². The number of aromatic nitrogens is 2. The molecular formula is C23H28N4O4. The highest BCUT2D eigenvalue weighted by atomic mass is 16.5. The van der Waals surface area contributed by atoms with E-state index in [1.807, 2.05) is 60.1 Å².